The topological polar surface area (TPSA) is 194 Å². The maximum Gasteiger partial charge on any atom is 0.355 e. The summed E-state index contributed by atoms with van der Waals surface area (Å²) in [5.74, 6) is -0.273. The minimum Gasteiger partial charge on any atom is -0.502 e. The lowest BCUT2D eigenvalue weighted by atomic mass is 10.0. The predicted octanol–water partition coefficient (Wildman–Crippen LogP) is 12.2. The van der Waals surface area contributed by atoms with E-state index in [-0.39, 0.29) is 71.0 Å². The number of nitrogens with one attached hydrogen (secondary N) is 2. The summed E-state index contributed by atoms with van der Waals surface area (Å²) in [6, 6.07) is 37.0. The first kappa shape index (κ1) is 65.0. The van der Waals surface area contributed by atoms with Crippen LogP contribution >= 0.6 is 62.3 Å². The van der Waals surface area contributed by atoms with Gasteiger partial charge in [-0.05, 0) is 72.6 Å². The second kappa shape index (κ2) is 38.8. The number of aliphatic hydroxyl groups excluding tert-OH is 1. The van der Waals surface area contributed by atoms with Crippen molar-refractivity contribution >= 4 is 97.4 Å². The van der Waals surface area contributed by atoms with Crippen LogP contribution in [0.3, 0.4) is 0 Å². The Hall–Kier alpha value is -5.81. The van der Waals surface area contributed by atoms with Crippen LogP contribution < -0.4 is 20.1 Å². The fourth-order valence-electron chi connectivity index (χ4n) is 7.54. The van der Waals surface area contributed by atoms with Crippen LogP contribution in [-0.4, -0.2) is 92.7 Å². The molecule has 4 heterocycles. The van der Waals surface area contributed by atoms with Gasteiger partial charge in [0, 0.05) is 55.3 Å². The maximum atomic E-state index is 12.3. The highest BCUT2D eigenvalue weighted by molar-refractivity contribution is 8.24. The third-order valence-corrected chi connectivity index (χ3v) is 11.8. The zero-order chi connectivity index (χ0) is 58.8. The Kier molecular flexibility index (Phi) is 31.5. The molecule has 6 aromatic rings. The Labute approximate surface area is 497 Å². The number of nitrogens with zero attached hydrogens (tertiary/aromatic N) is 4. The minimum atomic E-state index is -0.870. The molecular weight excluding hydrogens is 1160 g/mol. The number of halogens is 4. The highest BCUT2D eigenvalue weighted by atomic mass is 35.5. The van der Waals surface area contributed by atoms with Crippen LogP contribution in [0.2, 0.25) is 10.0 Å². The summed E-state index contributed by atoms with van der Waals surface area (Å²) in [4.78, 5) is 42.9. The van der Waals surface area contributed by atoms with E-state index in [0.717, 1.165) is 48.1 Å². The van der Waals surface area contributed by atoms with Crippen molar-refractivity contribution in [3.8, 4) is 11.8 Å². The van der Waals surface area contributed by atoms with Crippen LogP contribution in [0, 0.1) is 0 Å². The highest BCUT2D eigenvalue weighted by Crippen LogP contribution is 2.34. The molecular formula is C57H65Cl4N6O10P2S+. The van der Waals surface area contributed by atoms with Crippen LogP contribution in [0.4, 0.5) is 0 Å². The number of hydrogen-bond donors (Lipinski definition) is 3. The summed E-state index contributed by atoms with van der Waals surface area (Å²) in [6.07, 6.45) is 10.9. The molecule has 5 atom stereocenters. The lowest BCUT2D eigenvalue weighted by Crippen LogP contribution is -2.29. The molecule has 2 aliphatic heterocycles. The zero-order valence-electron chi connectivity index (χ0n) is 45.5. The molecule has 3 N–H and O–H groups in total. The number of carbonyl (C=O) groups is 2. The Morgan fingerprint density at radius 3 is 1.64 bits per heavy atom. The number of hydrogen-bond acceptors (Lipinski definition) is 15. The number of amides is 2. The average Bonchev–Trinajstić information content (AvgIpc) is 3.50. The van der Waals surface area contributed by atoms with Gasteiger partial charge in [0.25, 0.3) is 11.8 Å². The van der Waals surface area contributed by atoms with E-state index in [1.165, 1.54) is 47.4 Å². The van der Waals surface area contributed by atoms with Crippen molar-refractivity contribution < 1.29 is 48.1 Å². The fraction of sp³-hybridized carbons (Fsp3) is 0.298. The van der Waals surface area contributed by atoms with Crippen molar-refractivity contribution in [2.24, 2.45) is 10.3 Å². The van der Waals surface area contributed by atoms with Crippen molar-refractivity contribution in [3.63, 3.8) is 0 Å². The third-order valence-electron chi connectivity index (χ3n) is 11.3. The van der Waals surface area contributed by atoms with E-state index in [1.807, 2.05) is 97.1 Å². The Bertz CT molecular complexity index is 2960. The summed E-state index contributed by atoms with van der Waals surface area (Å²) in [5.41, 5.74) is 5.93. The van der Waals surface area contributed by atoms with Crippen molar-refractivity contribution in [3.05, 3.63) is 201 Å². The molecule has 1 fully saturated rings. The van der Waals surface area contributed by atoms with Crippen LogP contribution in [0.25, 0.3) is 0 Å². The largest absolute Gasteiger partial charge is 0.502 e. The summed E-state index contributed by atoms with van der Waals surface area (Å²) in [5, 5.41) is 24.2. The number of aliphatic hydroxyl groups is 1. The standard InChI is InChI=1S/C28H30ClN3O5.C23H22ClN3O4.C5H8O.CH2Cl2.H2P2S/c1-30-27(33)25(32-34-2)22-13-7-6-12-20(22)18-36-28-23(29)16-21(17-31-28)26(19-10-4-3-5-11-19)37-24-14-8-9-15-35-24;1-25-22(29)20(27-30-2)18-11-7-6-10-16(18)14-31-23-19(24)12-17(13-26-23)21(28)15-8-4-3-5-9-15;1-2-4-6-5-3-1;2-1-3;1-2-3/h3-7,10-13,16-17,24,26H,8-9,14-15,18H2,1-2H3,(H,30,33);3-13,21,28H,14H2,1-2H3,(H,25,29);2,4H,1,3,5H2;2*1H2/p+1/b32-25+;27-20+;;;/i/hT. The van der Waals surface area contributed by atoms with Gasteiger partial charge in [0.2, 0.25) is 11.8 Å². The van der Waals surface area contributed by atoms with Gasteiger partial charge in [0.05, 0.1) is 27.1 Å². The number of rotatable bonds is 18. The van der Waals surface area contributed by atoms with Crippen molar-refractivity contribution in [1.29, 1.82) is 1.28 Å². The van der Waals surface area contributed by atoms with Gasteiger partial charge in [0.1, 0.15) is 49.7 Å². The lowest BCUT2D eigenvalue weighted by Gasteiger charge is -2.28. The zero-order valence-corrected chi connectivity index (χ0v) is 50.4. The van der Waals surface area contributed by atoms with Crippen LogP contribution in [0.5, 0.6) is 11.8 Å². The number of oxime groups is 2. The number of ether oxygens (including phenoxy) is 5. The summed E-state index contributed by atoms with van der Waals surface area (Å²) < 4.78 is 35.2. The number of alkyl halides is 2. The molecule has 8 rings (SSSR count). The number of aromatic nitrogens is 2. The number of allylic oxidation sites excluding steroid dienone is 1. The molecule has 16 nitrogen and oxygen atoms in total. The number of benzene rings is 4. The van der Waals surface area contributed by atoms with E-state index in [0.29, 0.717) is 33.9 Å². The Morgan fingerprint density at radius 2 is 1.23 bits per heavy atom. The Morgan fingerprint density at radius 1 is 0.750 bits per heavy atom. The van der Waals surface area contributed by atoms with E-state index < -0.39 is 13.1 Å². The van der Waals surface area contributed by atoms with Gasteiger partial charge in [0.15, 0.2) is 36.5 Å². The van der Waals surface area contributed by atoms with Gasteiger partial charge in [-0.25, -0.2) is 9.97 Å². The van der Waals surface area contributed by atoms with Crippen LogP contribution in [0.15, 0.2) is 156 Å². The summed E-state index contributed by atoms with van der Waals surface area (Å²) in [6.45, 7) is 0.955. The summed E-state index contributed by atoms with van der Waals surface area (Å²) >= 11 is 26.8. The first-order valence-electron chi connectivity index (χ1n) is 25.3. The Balaban J connectivity index is 0.000000288. The molecule has 5 unspecified atom stereocenters. The molecule has 0 radical (unpaired) electrons. The first-order valence-corrected chi connectivity index (χ1v) is 30.2. The maximum absolute atomic E-state index is 12.3. The fourth-order valence-corrected chi connectivity index (χ4v) is 8.00. The van der Waals surface area contributed by atoms with Gasteiger partial charge < -0.3 is 49.1 Å². The molecule has 0 saturated carbocycles. The van der Waals surface area contributed by atoms with Gasteiger partial charge in [-0.1, -0.05) is 143 Å². The summed E-state index contributed by atoms with van der Waals surface area (Å²) in [7, 11) is 8.01. The number of carbonyl (C=O) groups excluding carboxylic acids is 2. The van der Waals surface area contributed by atoms with E-state index >= 15 is 0 Å². The van der Waals surface area contributed by atoms with Crippen LogP contribution in [-0.2, 0) is 58.5 Å². The molecule has 2 aliphatic rings. The normalized spacial score (nSPS) is 14.7. The average molecular weight is 1230 g/mol. The van der Waals surface area contributed by atoms with E-state index in [4.69, 9.17) is 81.0 Å². The molecule has 0 bridgehead atoms. The molecule has 2 amide bonds. The molecule has 426 valence electrons. The van der Waals surface area contributed by atoms with Crippen molar-refractivity contribution in [2.45, 2.75) is 63.8 Å². The molecule has 23 heteroatoms. The second-order valence-corrected chi connectivity index (χ2v) is 20.9. The van der Waals surface area contributed by atoms with E-state index in [9.17, 15) is 14.7 Å². The van der Waals surface area contributed by atoms with Gasteiger partial charge >= 0.3 is 1.28 Å². The van der Waals surface area contributed by atoms with E-state index in [2.05, 4.69) is 51.6 Å². The van der Waals surface area contributed by atoms with Gasteiger partial charge in [-0.15, -0.1) is 23.2 Å². The molecule has 2 aromatic heterocycles. The number of likely N-dealkylation sites (N-methyl/N-ethyl adjacent to an activating group) is 2. The molecule has 1 saturated heterocycles. The minimum absolute atomic E-state index is 0.100. The quantitative estimate of drug-likeness (QED) is 0.0319. The van der Waals surface area contributed by atoms with E-state index in [1.54, 1.807) is 42.8 Å². The van der Waals surface area contributed by atoms with Crippen molar-refractivity contribution in [1.82, 2.24) is 20.6 Å². The molecule has 80 heavy (non-hydrogen) atoms. The molecule has 0 aliphatic carbocycles. The third kappa shape index (κ3) is 22.3. The van der Waals surface area contributed by atoms with Gasteiger partial charge in [-0.3, -0.25) is 9.59 Å². The predicted molar refractivity (Wildman–Crippen MR) is 325 cm³/mol. The number of pyridine rings is 2. The van der Waals surface area contributed by atoms with Gasteiger partial charge in [-0.2, -0.15) is 0 Å². The second-order valence-electron chi connectivity index (χ2n) is 16.5. The SMILES string of the molecule is C1=COCCC1.CNC(=O)/C(=N/OC)c1ccccc1COc1ncc(C(O)c2ccccc2)cc1Cl.CNC(=O)/C(=N/OC)c1ccccc1COc1ncc(C(OC2CCCCO2)c2ccccc2)cc1Cl.ClCCl.[3H][P+](P)=S. The smallest absolute Gasteiger partial charge is 0.355 e. The van der Waals surface area contributed by atoms with Crippen LogP contribution in [0.1, 0.15) is 88.8 Å². The lowest BCUT2D eigenvalue weighted by molar-refractivity contribution is -0.181. The van der Waals surface area contributed by atoms with Crippen molar-refractivity contribution in [2.75, 3.05) is 46.9 Å². The molecule has 0 spiro atoms. The molecule has 4 aromatic carbocycles. The first-order chi connectivity index (χ1) is 39.3. The highest BCUT2D eigenvalue weighted by Gasteiger charge is 2.25. The monoisotopic (exact) mass is 1230 g/mol.